The maximum absolute atomic E-state index is 0. The third-order valence-corrected chi connectivity index (χ3v) is 0. The van der Waals surface area contributed by atoms with Crippen LogP contribution in [0.4, 0.5) is 0 Å². The first-order valence-corrected chi connectivity index (χ1v) is 0. The molecule has 0 aromatic heterocycles. The van der Waals surface area contributed by atoms with Gasteiger partial charge in [0.2, 0.25) is 0 Å². The van der Waals surface area contributed by atoms with E-state index in [1.165, 1.54) is 0 Å². The Morgan fingerprint density at radius 1 is 0.200 bits per heavy atom. The second-order valence-corrected chi connectivity index (χ2v) is 0. The molecule has 10 heavy (non-hydrogen) atoms. The standard InChI is InChI=1S/5ClH.5H2O/h5*1H;5*1H2. The highest BCUT2D eigenvalue weighted by Gasteiger charge is -0.142. The highest BCUT2D eigenvalue weighted by Crippen LogP contribution is 0.694. The van der Waals surface area contributed by atoms with Crippen molar-refractivity contribution in [2.45, 2.75) is 0 Å². The van der Waals surface area contributed by atoms with E-state index in [0.29, 0.717) is 0 Å². The van der Waals surface area contributed by atoms with E-state index < -0.39 is 0 Å². The lowest BCUT2D eigenvalue weighted by Gasteiger charge is -0.413. The molecule has 0 bridgehead atoms. The molecule has 0 aliphatic heterocycles. The molecule has 0 rings (SSSR count). The molecule has 0 heterocycles. The van der Waals surface area contributed by atoms with Crippen LogP contribution in [0.3, 0.4) is 0 Å². The summed E-state index contributed by atoms with van der Waals surface area (Å²) in [5.74, 6) is 0. The van der Waals surface area contributed by atoms with Crippen LogP contribution in [0.25, 0.3) is 0 Å². The zero-order valence-electron chi connectivity index (χ0n) is 4.54. The monoisotopic (exact) mass is 270 g/mol. The number of hydrogen-bond donors (Lipinski definition) is 0. The van der Waals surface area contributed by atoms with E-state index in [1.54, 1.807) is 0 Å². The fourth-order valence-electron chi connectivity index (χ4n) is 0. The Kier molecular flexibility index (Phi) is 42500. The molecule has 0 aliphatic rings. The Hall–Kier alpha value is 1.25. The van der Waals surface area contributed by atoms with Gasteiger partial charge in [0.25, 0.3) is 0 Å². The van der Waals surface area contributed by atoms with Gasteiger partial charge in [-0.2, -0.15) is 0 Å². The molecule has 5 nitrogen and oxygen atoms in total. The summed E-state index contributed by atoms with van der Waals surface area (Å²) in [7, 11) is 0. The number of hydrogen-bond acceptors (Lipinski definition) is 0. The molecule has 0 aliphatic carbocycles. The van der Waals surface area contributed by atoms with Crippen LogP contribution in [-0.4, -0.2) is 27.4 Å². The lowest BCUT2D eigenvalue weighted by molar-refractivity contribution is 0.823. The van der Waals surface area contributed by atoms with Crippen LogP contribution in [0.5, 0.6) is 0 Å². The van der Waals surface area contributed by atoms with Gasteiger partial charge in [0.1, 0.15) is 0 Å². The van der Waals surface area contributed by atoms with Gasteiger partial charge in [0.05, 0.1) is 0 Å². The first-order chi connectivity index (χ1) is 0. The average Bonchev–Trinajstić information content (AvgIpc) is 0. The molecular weight excluding hydrogens is 257 g/mol. The molecule has 0 atom stereocenters. The van der Waals surface area contributed by atoms with Gasteiger partial charge in [0.15, 0.2) is 0 Å². The molecule has 0 unspecified atom stereocenters. The molecule has 0 spiro atoms. The number of halogens is 5. The highest BCUT2D eigenvalue weighted by atomic mass is 35.5. The predicted molar refractivity (Wildman–Crippen MR) is 54.3 cm³/mol. The van der Waals surface area contributed by atoms with Gasteiger partial charge < -0.3 is 27.4 Å². The van der Waals surface area contributed by atoms with Gasteiger partial charge in [-0.1, -0.05) is 0 Å². The minimum Gasteiger partial charge on any atom is -0.412 e. The summed E-state index contributed by atoms with van der Waals surface area (Å²) >= 11 is 0. The summed E-state index contributed by atoms with van der Waals surface area (Å²) < 4.78 is 0. The van der Waals surface area contributed by atoms with Crippen molar-refractivity contribution in [2.24, 2.45) is 0 Å². The topological polar surface area (TPSA) is 158 Å². The van der Waals surface area contributed by atoms with Gasteiger partial charge in [-0.25, -0.2) is 0 Å². The molecule has 0 fully saturated rings. The zero-order valence-corrected chi connectivity index (χ0v) is 8.62. The SMILES string of the molecule is Cl.Cl.Cl.Cl.Cl.O.O.O.O.O. The first-order valence-electron chi connectivity index (χ1n) is 0. The van der Waals surface area contributed by atoms with E-state index in [-0.39, 0.29) is 89.4 Å². The lowest BCUT2D eigenvalue weighted by Crippen LogP contribution is -0.290. The third-order valence-electron chi connectivity index (χ3n) is 0. The zero-order chi connectivity index (χ0) is 0. The smallest absolute Gasteiger partial charge is 0.147 e. The van der Waals surface area contributed by atoms with Crippen molar-refractivity contribution in [2.75, 3.05) is 0 Å². The van der Waals surface area contributed by atoms with E-state index in [9.17, 15) is 0 Å². The van der Waals surface area contributed by atoms with Crippen LogP contribution in [0.1, 0.15) is 0 Å². The first kappa shape index (κ1) is 756. The Bertz CT molecular complexity index is 10.0. The van der Waals surface area contributed by atoms with Gasteiger partial charge in [-0.15, -0.1) is 62.0 Å². The van der Waals surface area contributed by atoms with Crippen molar-refractivity contribution in [1.29, 1.82) is 0 Å². The molecule has 0 aromatic rings. The second-order valence-electron chi connectivity index (χ2n) is 0. The van der Waals surface area contributed by atoms with Crippen molar-refractivity contribution in [3.05, 3.63) is 0 Å². The summed E-state index contributed by atoms with van der Waals surface area (Å²) in [6, 6.07) is 0. The van der Waals surface area contributed by atoms with Crippen molar-refractivity contribution < 1.29 is 27.4 Å². The molecule has 0 aromatic carbocycles. The van der Waals surface area contributed by atoms with E-state index >= 15 is 0 Å². The Balaban J connectivity index is 0. The van der Waals surface area contributed by atoms with Gasteiger partial charge in [-0.3, -0.25) is 0 Å². The van der Waals surface area contributed by atoms with Crippen LogP contribution in [0.2, 0.25) is 0 Å². The highest BCUT2D eigenvalue weighted by molar-refractivity contribution is 5.86. The Labute approximate surface area is 89.5 Å². The molecule has 0 radical (unpaired) electrons. The Morgan fingerprint density at radius 3 is 0.200 bits per heavy atom. The van der Waals surface area contributed by atoms with E-state index in [1.807, 2.05) is 0 Å². The van der Waals surface area contributed by atoms with E-state index in [4.69, 9.17) is 0 Å². The summed E-state index contributed by atoms with van der Waals surface area (Å²) in [6.45, 7) is 0. The number of rotatable bonds is 0. The van der Waals surface area contributed by atoms with Gasteiger partial charge in [-0.05, 0) is 0 Å². The largest absolute Gasteiger partial charge is 0.412 e. The molecule has 0 saturated carbocycles. The molecule has 10 N–H and O–H groups in total. The normalized spacial score (nSPS) is 0. The van der Waals surface area contributed by atoms with Gasteiger partial charge in [0, 0.05) is 0 Å². The summed E-state index contributed by atoms with van der Waals surface area (Å²) in [5, 5.41) is 0. The maximum Gasteiger partial charge on any atom is -0.147 e. The summed E-state index contributed by atoms with van der Waals surface area (Å²) in [6.07, 6.45) is 0. The van der Waals surface area contributed by atoms with Crippen LogP contribution < -0.4 is 0 Å². The van der Waals surface area contributed by atoms with Crippen molar-refractivity contribution >= 4 is 62.0 Å². The molecular formula is H15Cl5O5. The van der Waals surface area contributed by atoms with Crippen LogP contribution in [-0.2, 0) is 0 Å². The predicted octanol–water partition coefficient (Wildman–Crippen LogP) is -2.01. The van der Waals surface area contributed by atoms with Crippen molar-refractivity contribution in [3.8, 4) is 0 Å². The fraction of sp³-hybridized carbons (Fsp3) is 0. The third kappa shape index (κ3) is 403. The minimum absolute atomic E-state index is 0. The summed E-state index contributed by atoms with van der Waals surface area (Å²) in [4.78, 5) is 0. The quantitative estimate of drug-likeness (QED) is 0.477. The molecule has 0 amide bonds. The van der Waals surface area contributed by atoms with Gasteiger partial charge >= 0.3 is 0 Å². The van der Waals surface area contributed by atoms with E-state index in [2.05, 4.69) is 0 Å². The lowest BCUT2D eigenvalue weighted by atomic mass is 16.0. The van der Waals surface area contributed by atoms with Crippen LogP contribution >= 0.6 is 62.0 Å². The molecule has 80 valence electrons. The fourth-order valence-corrected chi connectivity index (χ4v) is 0. The second kappa shape index (κ2) is 561. The molecule has 10 heteroatoms. The van der Waals surface area contributed by atoms with Crippen LogP contribution in [0, 0.1) is 0 Å². The maximum atomic E-state index is 0. The van der Waals surface area contributed by atoms with Crippen LogP contribution in [0.15, 0.2) is 0 Å². The minimum atomic E-state index is 0. The summed E-state index contributed by atoms with van der Waals surface area (Å²) in [5.41, 5.74) is 0. The molecule has 0 saturated heterocycles. The average molecular weight is 272 g/mol. The van der Waals surface area contributed by atoms with Crippen molar-refractivity contribution in [1.82, 2.24) is 0 Å². The van der Waals surface area contributed by atoms with E-state index in [0.717, 1.165) is 0 Å². The van der Waals surface area contributed by atoms with Crippen molar-refractivity contribution in [3.63, 3.8) is 0 Å². The Morgan fingerprint density at radius 2 is 0.200 bits per heavy atom.